The Morgan fingerprint density at radius 2 is 1.68 bits per heavy atom. The summed E-state index contributed by atoms with van der Waals surface area (Å²) in [6.45, 7) is 1.66. The maximum absolute atomic E-state index is 8.97. The van der Waals surface area contributed by atoms with Gasteiger partial charge >= 0.3 is 0 Å². The molecule has 0 aliphatic rings. The van der Waals surface area contributed by atoms with Gasteiger partial charge in [-0.3, -0.25) is 0 Å². The first-order valence-electron chi connectivity index (χ1n) is 6.02. The second-order valence-electron chi connectivity index (χ2n) is 4.31. The molecule has 0 radical (unpaired) electrons. The highest BCUT2D eigenvalue weighted by Crippen LogP contribution is 2.21. The molecular formula is C15H15BrClNO. The molecule has 0 atom stereocenters. The van der Waals surface area contributed by atoms with E-state index in [-0.39, 0.29) is 6.61 Å². The molecule has 2 aromatic carbocycles. The maximum atomic E-state index is 8.97. The van der Waals surface area contributed by atoms with Gasteiger partial charge in [0.25, 0.3) is 0 Å². The molecule has 0 amide bonds. The van der Waals surface area contributed by atoms with Crippen molar-refractivity contribution in [2.45, 2.75) is 19.7 Å². The molecule has 0 unspecified atom stereocenters. The molecule has 0 aliphatic heterocycles. The minimum absolute atomic E-state index is 0.0887. The zero-order chi connectivity index (χ0) is 13.7. The number of rotatable bonds is 5. The quantitative estimate of drug-likeness (QED) is 0.865. The van der Waals surface area contributed by atoms with Gasteiger partial charge in [0.1, 0.15) is 0 Å². The molecule has 0 bridgehead atoms. The Morgan fingerprint density at radius 1 is 1.00 bits per heavy atom. The Balaban J connectivity index is 1.88. The van der Waals surface area contributed by atoms with Crippen molar-refractivity contribution in [1.29, 1.82) is 0 Å². The third-order valence-electron chi connectivity index (χ3n) is 2.87. The van der Waals surface area contributed by atoms with E-state index in [2.05, 4.69) is 21.2 Å². The van der Waals surface area contributed by atoms with Gasteiger partial charge in [0.2, 0.25) is 0 Å². The first-order valence-corrected chi connectivity index (χ1v) is 7.19. The summed E-state index contributed by atoms with van der Waals surface area (Å²) in [7, 11) is 0. The molecule has 0 aromatic heterocycles. The molecule has 2 nitrogen and oxygen atoms in total. The van der Waals surface area contributed by atoms with Crippen molar-refractivity contribution in [2.24, 2.45) is 0 Å². The van der Waals surface area contributed by atoms with Crippen LogP contribution in [0.15, 0.2) is 46.9 Å². The minimum atomic E-state index is 0.0887. The Labute approximate surface area is 126 Å². The predicted octanol–water partition coefficient (Wildman–Crippen LogP) is 3.88. The van der Waals surface area contributed by atoms with Crippen molar-refractivity contribution < 1.29 is 5.11 Å². The van der Waals surface area contributed by atoms with Gasteiger partial charge < -0.3 is 10.4 Å². The van der Waals surface area contributed by atoms with Crippen LogP contribution in [-0.2, 0) is 19.7 Å². The maximum Gasteiger partial charge on any atom is 0.0681 e. The minimum Gasteiger partial charge on any atom is -0.392 e. The van der Waals surface area contributed by atoms with E-state index in [9.17, 15) is 0 Å². The Hall–Kier alpha value is -0.870. The Kier molecular flexibility index (Phi) is 5.40. The van der Waals surface area contributed by atoms with Crippen LogP contribution in [0.25, 0.3) is 0 Å². The van der Waals surface area contributed by atoms with E-state index in [1.807, 2.05) is 42.5 Å². The van der Waals surface area contributed by atoms with Gasteiger partial charge in [0, 0.05) is 22.6 Å². The summed E-state index contributed by atoms with van der Waals surface area (Å²) in [5, 5.41) is 13.1. The van der Waals surface area contributed by atoms with E-state index in [0.29, 0.717) is 0 Å². The second-order valence-corrected chi connectivity index (χ2v) is 5.60. The Morgan fingerprint density at radius 3 is 2.32 bits per heavy atom. The van der Waals surface area contributed by atoms with Crippen LogP contribution in [0.1, 0.15) is 16.7 Å². The lowest BCUT2D eigenvalue weighted by molar-refractivity contribution is 0.282. The number of halogens is 2. The van der Waals surface area contributed by atoms with Crippen LogP contribution in [0, 0.1) is 0 Å². The molecule has 2 aromatic rings. The smallest absolute Gasteiger partial charge is 0.0681 e. The number of hydrogen-bond acceptors (Lipinski definition) is 2. The molecule has 0 heterocycles. The monoisotopic (exact) mass is 339 g/mol. The predicted molar refractivity (Wildman–Crippen MR) is 82.1 cm³/mol. The van der Waals surface area contributed by atoms with Gasteiger partial charge in [-0.25, -0.2) is 0 Å². The summed E-state index contributed by atoms with van der Waals surface area (Å²) < 4.78 is 1.02. The standard InChI is InChI=1S/C15H15BrClNO/c16-15-7-14(17)6-5-13(15)9-18-8-11-1-3-12(10-19)4-2-11/h1-7,18-19H,8-10H2. The molecule has 19 heavy (non-hydrogen) atoms. The summed E-state index contributed by atoms with van der Waals surface area (Å²) in [5.41, 5.74) is 3.31. The summed E-state index contributed by atoms with van der Waals surface area (Å²) in [6.07, 6.45) is 0. The van der Waals surface area contributed by atoms with E-state index in [1.54, 1.807) is 0 Å². The summed E-state index contributed by atoms with van der Waals surface area (Å²) in [4.78, 5) is 0. The lowest BCUT2D eigenvalue weighted by Crippen LogP contribution is -2.13. The third kappa shape index (κ3) is 4.32. The van der Waals surface area contributed by atoms with Crippen LogP contribution in [0.2, 0.25) is 5.02 Å². The van der Waals surface area contributed by atoms with Gasteiger partial charge in [0.05, 0.1) is 6.61 Å². The molecule has 100 valence electrons. The number of aliphatic hydroxyl groups is 1. The molecule has 4 heteroatoms. The normalized spacial score (nSPS) is 10.7. The van der Waals surface area contributed by atoms with E-state index >= 15 is 0 Å². The molecular weight excluding hydrogens is 326 g/mol. The van der Waals surface area contributed by atoms with Crippen LogP contribution >= 0.6 is 27.5 Å². The van der Waals surface area contributed by atoms with Crippen LogP contribution in [-0.4, -0.2) is 5.11 Å². The molecule has 0 spiro atoms. The number of aliphatic hydroxyl groups excluding tert-OH is 1. The van der Waals surface area contributed by atoms with Gasteiger partial charge in [-0.1, -0.05) is 57.9 Å². The first kappa shape index (κ1) is 14.5. The van der Waals surface area contributed by atoms with Crippen molar-refractivity contribution in [3.05, 3.63) is 68.7 Å². The molecule has 0 aliphatic carbocycles. The van der Waals surface area contributed by atoms with Crippen molar-refractivity contribution in [2.75, 3.05) is 0 Å². The first-order chi connectivity index (χ1) is 9.19. The zero-order valence-corrected chi connectivity index (χ0v) is 12.7. The second kappa shape index (κ2) is 7.06. The van der Waals surface area contributed by atoms with Gasteiger partial charge in [-0.15, -0.1) is 0 Å². The lowest BCUT2D eigenvalue weighted by Gasteiger charge is -2.08. The van der Waals surface area contributed by atoms with Crippen molar-refractivity contribution in [3.63, 3.8) is 0 Å². The number of hydrogen-bond donors (Lipinski definition) is 2. The number of benzene rings is 2. The largest absolute Gasteiger partial charge is 0.392 e. The van der Waals surface area contributed by atoms with Crippen molar-refractivity contribution >= 4 is 27.5 Å². The topological polar surface area (TPSA) is 32.3 Å². The fraction of sp³-hybridized carbons (Fsp3) is 0.200. The van der Waals surface area contributed by atoms with Crippen LogP contribution in [0.3, 0.4) is 0 Å². The SMILES string of the molecule is OCc1ccc(CNCc2ccc(Cl)cc2Br)cc1. The highest BCUT2D eigenvalue weighted by Gasteiger charge is 2.00. The Bertz CT molecular complexity index is 542. The fourth-order valence-electron chi connectivity index (χ4n) is 1.77. The van der Waals surface area contributed by atoms with Crippen LogP contribution in [0.5, 0.6) is 0 Å². The molecule has 0 saturated heterocycles. The van der Waals surface area contributed by atoms with Crippen molar-refractivity contribution in [3.8, 4) is 0 Å². The summed E-state index contributed by atoms with van der Waals surface area (Å²) in [6, 6.07) is 13.7. The molecule has 0 saturated carbocycles. The van der Waals surface area contributed by atoms with Crippen LogP contribution in [0.4, 0.5) is 0 Å². The van der Waals surface area contributed by atoms with Gasteiger partial charge in [-0.2, -0.15) is 0 Å². The van der Waals surface area contributed by atoms with E-state index in [1.165, 1.54) is 11.1 Å². The lowest BCUT2D eigenvalue weighted by atomic mass is 10.1. The van der Waals surface area contributed by atoms with Gasteiger partial charge in [-0.05, 0) is 28.8 Å². The average molecular weight is 341 g/mol. The average Bonchev–Trinajstić information content (AvgIpc) is 2.42. The highest BCUT2D eigenvalue weighted by atomic mass is 79.9. The van der Waals surface area contributed by atoms with Crippen molar-refractivity contribution in [1.82, 2.24) is 5.32 Å². The zero-order valence-electron chi connectivity index (χ0n) is 10.4. The van der Waals surface area contributed by atoms with E-state index in [4.69, 9.17) is 16.7 Å². The summed E-state index contributed by atoms with van der Waals surface area (Å²) in [5.74, 6) is 0. The molecule has 2 N–H and O–H groups in total. The third-order valence-corrected chi connectivity index (χ3v) is 3.84. The molecule has 0 fully saturated rings. The van der Waals surface area contributed by atoms with Crippen LogP contribution < -0.4 is 5.32 Å². The fourth-order valence-corrected chi connectivity index (χ4v) is 2.59. The highest BCUT2D eigenvalue weighted by molar-refractivity contribution is 9.10. The summed E-state index contributed by atoms with van der Waals surface area (Å²) >= 11 is 9.40. The van der Waals surface area contributed by atoms with E-state index in [0.717, 1.165) is 28.1 Å². The van der Waals surface area contributed by atoms with E-state index < -0.39 is 0 Å². The van der Waals surface area contributed by atoms with Gasteiger partial charge in [0.15, 0.2) is 0 Å². The number of nitrogens with one attached hydrogen (secondary N) is 1. The molecule has 2 rings (SSSR count).